The van der Waals surface area contributed by atoms with Crippen LogP contribution in [0.4, 0.5) is 20.6 Å². The van der Waals surface area contributed by atoms with Gasteiger partial charge in [-0.25, -0.2) is 9.18 Å². The highest BCUT2D eigenvalue weighted by atomic mass is 18.2. The SMILES string of the molecule is COc1cc2nccc(Oc3ccc(NC(=O)Nc4ccc([18F])cc4)cc3)c2cc1OC. The number of halogens is 1. The summed E-state index contributed by atoms with van der Waals surface area (Å²) in [5.74, 6) is 1.97. The molecule has 162 valence electrons. The molecule has 0 bridgehead atoms. The Balaban J connectivity index is 1.47. The van der Waals surface area contributed by atoms with Crippen LogP contribution in [-0.4, -0.2) is 25.2 Å². The van der Waals surface area contributed by atoms with E-state index in [2.05, 4.69) is 15.6 Å². The molecular formula is C24H20FN3O4. The largest absolute Gasteiger partial charge is 0.493 e. The van der Waals surface area contributed by atoms with E-state index in [1.54, 1.807) is 56.8 Å². The van der Waals surface area contributed by atoms with E-state index in [9.17, 15) is 9.18 Å². The maximum atomic E-state index is 13.0. The predicted molar refractivity (Wildman–Crippen MR) is 120 cm³/mol. The minimum absolute atomic E-state index is 0.369. The zero-order valence-electron chi connectivity index (χ0n) is 17.4. The van der Waals surface area contributed by atoms with Crippen molar-refractivity contribution in [1.29, 1.82) is 0 Å². The van der Waals surface area contributed by atoms with E-state index in [1.807, 2.05) is 6.07 Å². The third kappa shape index (κ3) is 4.70. The number of hydrogen-bond acceptors (Lipinski definition) is 5. The van der Waals surface area contributed by atoms with Crippen LogP contribution in [0.15, 0.2) is 72.9 Å². The van der Waals surface area contributed by atoms with Crippen LogP contribution in [0.2, 0.25) is 0 Å². The molecule has 7 nitrogen and oxygen atoms in total. The summed E-state index contributed by atoms with van der Waals surface area (Å²) in [5, 5.41) is 6.12. The van der Waals surface area contributed by atoms with Crippen molar-refractivity contribution in [3.05, 3.63) is 78.7 Å². The number of amides is 2. The molecule has 0 fully saturated rings. The fourth-order valence-electron chi connectivity index (χ4n) is 3.10. The molecule has 0 radical (unpaired) electrons. The molecule has 2 amide bonds. The van der Waals surface area contributed by atoms with Crippen molar-refractivity contribution in [1.82, 2.24) is 4.98 Å². The lowest BCUT2D eigenvalue weighted by Crippen LogP contribution is -2.19. The predicted octanol–water partition coefficient (Wildman–Crippen LogP) is 5.83. The van der Waals surface area contributed by atoms with Gasteiger partial charge >= 0.3 is 6.03 Å². The fourth-order valence-corrected chi connectivity index (χ4v) is 3.10. The number of carbonyl (C=O) groups excluding carboxylic acids is 1. The Kier molecular flexibility index (Phi) is 6.03. The Labute approximate surface area is 183 Å². The van der Waals surface area contributed by atoms with Crippen molar-refractivity contribution in [3.63, 3.8) is 0 Å². The molecule has 32 heavy (non-hydrogen) atoms. The lowest BCUT2D eigenvalue weighted by Gasteiger charge is -2.13. The summed E-state index contributed by atoms with van der Waals surface area (Å²) < 4.78 is 29.7. The molecule has 4 rings (SSSR count). The van der Waals surface area contributed by atoms with Gasteiger partial charge in [-0.1, -0.05) is 0 Å². The van der Waals surface area contributed by atoms with E-state index in [0.717, 1.165) is 5.39 Å². The summed E-state index contributed by atoms with van der Waals surface area (Å²) in [6.45, 7) is 0. The number of pyridine rings is 1. The van der Waals surface area contributed by atoms with Crippen molar-refractivity contribution in [3.8, 4) is 23.0 Å². The molecule has 4 aromatic rings. The first kappa shape index (κ1) is 20.9. The smallest absolute Gasteiger partial charge is 0.323 e. The number of rotatable bonds is 6. The van der Waals surface area contributed by atoms with Gasteiger partial charge in [-0.2, -0.15) is 0 Å². The van der Waals surface area contributed by atoms with E-state index in [4.69, 9.17) is 14.2 Å². The maximum absolute atomic E-state index is 13.0. The highest BCUT2D eigenvalue weighted by molar-refractivity contribution is 5.99. The van der Waals surface area contributed by atoms with Crippen LogP contribution in [0.1, 0.15) is 0 Å². The molecule has 0 saturated carbocycles. The highest BCUT2D eigenvalue weighted by Gasteiger charge is 2.11. The number of nitrogens with one attached hydrogen (secondary N) is 2. The number of urea groups is 1. The number of hydrogen-bond donors (Lipinski definition) is 2. The third-order valence-electron chi connectivity index (χ3n) is 4.65. The molecule has 0 saturated heterocycles. The summed E-state index contributed by atoms with van der Waals surface area (Å²) in [6.07, 6.45) is 1.65. The van der Waals surface area contributed by atoms with Crippen LogP contribution < -0.4 is 24.8 Å². The Hall–Kier alpha value is -4.33. The first-order valence-corrected chi connectivity index (χ1v) is 9.68. The summed E-state index contributed by atoms with van der Waals surface area (Å²) in [7, 11) is 3.14. The number of ether oxygens (including phenoxy) is 3. The summed E-state index contributed by atoms with van der Waals surface area (Å²) >= 11 is 0. The Morgan fingerprint density at radius 2 is 1.41 bits per heavy atom. The van der Waals surface area contributed by atoms with Gasteiger partial charge in [0.2, 0.25) is 0 Å². The minimum atomic E-state index is -0.438. The number of anilines is 2. The van der Waals surface area contributed by atoms with Crippen LogP contribution in [0.5, 0.6) is 23.0 Å². The van der Waals surface area contributed by atoms with E-state index >= 15 is 0 Å². The molecule has 8 heteroatoms. The van der Waals surface area contributed by atoms with Crippen LogP contribution >= 0.6 is 0 Å². The second-order valence-electron chi connectivity index (χ2n) is 6.75. The van der Waals surface area contributed by atoms with E-state index in [1.165, 1.54) is 24.3 Å². The average molecular weight is 432 g/mol. The van der Waals surface area contributed by atoms with Gasteiger partial charge in [-0.05, 0) is 60.7 Å². The number of carbonyl (C=O) groups is 1. The normalized spacial score (nSPS) is 10.5. The van der Waals surface area contributed by atoms with Crippen LogP contribution in [0, 0.1) is 5.82 Å². The zero-order chi connectivity index (χ0) is 22.5. The Bertz CT molecular complexity index is 1240. The first-order chi connectivity index (χ1) is 15.6. The number of nitrogens with zero attached hydrogens (tertiary/aromatic N) is 1. The lowest BCUT2D eigenvalue weighted by molar-refractivity contribution is 0.262. The number of methoxy groups -OCH3 is 2. The van der Waals surface area contributed by atoms with Crippen LogP contribution in [0.25, 0.3) is 10.9 Å². The van der Waals surface area contributed by atoms with Crippen LogP contribution in [0.3, 0.4) is 0 Å². The highest BCUT2D eigenvalue weighted by Crippen LogP contribution is 2.36. The topological polar surface area (TPSA) is 81.7 Å². The van der Waals surface area contributed by atoms with Crippen molar-refractivity contribution in [2.45, 2.75) is 0 Å². The van der Waals surface area contributed by atoms with Crippen molar-refractivity contribution >= 4 is 28.3 Å². The quantitative estimate of drug-likeness (QED) is 0.401. The van der Waals surface area contributed by atoms with E-state index in [-0.39, 0.29) is 5.82 Å². The Morgan fingerprint density at radius 1 is 0.812 bits per heavy atom. The minimum Gasteiger partial charge on any atom is -0.493 e. The molecule has 0 aliphatic heterocycles. The fraction of sp³-hybridized carbons (Fsp3) is 0.0833. The van der Waals surface area contributed by atoms with Gasteiger partial charge in [0.05, 0.1) is 19.7 Å². The van der Waals surface area contributed by atoms with Crippen molar-refractivity contribution in [2.24, 2.45) is 0 Å². The van der Waals surface area contributed by atoms with Gasteiger partial charge in [0, 0.05) is 29.0 Å². The Morgan fingerprint density at radius 3 is 2.03 bits per heavy atom. The van der Waals surface area contributed by atoms with Gasteiger partial charge in [0.25, 0.3) is 0 Å². The van der Waals surface area contributed by atoms with Crippen molar-refractivity contribution < 1.29 is 23.4 Å². The molecule has 1 aromatic heterocycles. The van der Waals surface area contributed by atoms with Gasteiger partial charge in [-0.15, -0.1) is 0 Å². The number of benzene rings is 3. The summed E-state index contributed by atoms with van der Waals surface area (Å²) in [5.41, 5.74) is 1.76. The molecule has 0 spiro atoms. The molecule has 0 unspecified atom stereocenters. The zero-order valence-corrected chi connectivity index (χ0v) is 17.4. The van der Waals surface area contributed by atoms with Gasteiger partial charge < -0.3 is 24.8 Å². The third-order valence-corrected chi connectivity index (χ3v) is 4.65. The molecule has 0 atom stereocenters. The molecule has 3 aromatic carbocycles. The molecule has 0 aliphatic carbocycles. The lowest BCUT2D eigenvalue weighted by atomic mass is 10.2. The van der Waals surface area contributed by atoms with Crippen LogP contribution in [-0.2, 0) is 0 Å². The average Bonchev–Trinajstić information content (AvgIpc) is 2.81. The molecule has 1 heterocycles. The molecule has 2 N–H and O–H groups in total. The van der Waals surface area contributed by atoms with Gasteiger partial charge in [0.15, 0.2) is 11.5 Å². The number of aromatic nitrogens is 1. The van der Waals surface area contributed by atoms with Crippen molar-refractivity contribution in [2.75, 3.05) is 24.9 Å². The molecular weight excluding hydrogens is 412 g/mol. The standard InChI is InChI=1S/C24H20FN3O4/c1-30-22-13-19-20(14-23(22)31-2)26-12-11-21(19)32-18-9-7-17(8-10-18)28-24(29)27-16-5-3-15(25)4-6-16/h3-14H,1-2H3,(H2,27,28,29)/i25-1. The van der Waals surface area contributed by atoms with E-state index < -0.39 is 6.03 Å². The second-order valence-corrected chi connectivity index (χ2v) is 6.75. The van der Waals surface area contributed by atoms with Gasteiger partial charge in [-0.3, -0.25) is 4.98 Å². The maximum Gasteiger partial charge on any atom is 0.323 e. The second kappa shape index (κ2) is 9.22. The summed E-state index contributed by atoms with van der Waals surface area (Å²) in [4.78, 5) is 16.5. The molecule has 0 aliphatic rings. The van der Waals surface area contributed by atoms with Gasteiger partial charge in [0.1, 0.15) is 17.3 Å². The monoisotopic (exact) mass is 432 g/mol. The summed E-state index contributed by atoms with van der Waals surface area (Å²) in [6, 6.07) is 17.3. The number of fused-ring (bicyclic) bond motifs is 1. The first-order valence-electron chi connectivity index (χ1n) is 9.68. The van der Waals surface area contributed by atoms with E-state index in [0.29, 0.717) is 39.9 Å².